The molecule has 0 heterocycles. The molecular weight excluding hydrogens is 228 g/mol. The number of nitrogens with zero attached hydrogens (tertiary/aromatic N) is 1. The summed E-state index contributed by atoms with van der Waals surface area (Å²) in [5.41, 5.74) is 4.52. The van der Waals surface area contributed by atoms with Crippen molar-refractivity contribution in [3.63, 3.8) is 0 Å². The van der Waals surface area contributed by atoms with Crippen LogP contribution in [0.15, 0.2) is 0 Å². The van der Waals surface area contributed by atoms with Crippen LogP contribution in [-0.4, -0.2) is 42.6 Å². The first kappa shape index (κ1) is 17.4. The van der Waals surface area contributed by atoms with Gasteiger partial charge in [0, 0.05) is 12.1 Å². The van der Waals surface area contributed by atoms with Gasteiger partial charge in [0.1, 0.15) is 5.60 Å². The molecule has 0 aliphatic rings. The quantitative estimate of drug-likeness (QED) is 0.767. The van der Waals surface area contributed by atoms with Crippen molar-refractivity contribution in [2.24, 2.45) is 11.1 Å². The third kappa shape index (κ3) is 4.25. The Bertz CT molecular complexity index is 293. The fourth-order valence-electron chi connectivity index (χ4n) is 1.89. The molecule has 0 rings (SSSR count). The minimum atomic E-state index is -0.724. The number of hydrogen-bond acceptors (Lipinski definition) is 4. The van der Waals surface area contributed by atoms with Crippen LogP contribution in [0, 0.1) is 5.41 Å². The molecule has 4 nitrogen and oxygen atoms in total. The van der Waals surface area contributed by atoms with E-state index in [-0.39, 0.29) is 5.97 Å². The molecule has 0 aromatic carbocycles. The van der Waals surface area contributed by atoms with Crippen molar-refractivity contribution in [1.82, 2.24) is 4.90 Å². The summed E-state index contributed by atoms with van der Waals surface area (Å²) in [7, 11) is 3.88. The van der Waals surface area contributed by atoms with Gasteiger partial charge in [-0.05, 0) is 55.1 Å². The first-order chi connectivity index (χ1) is 7.85. The monoisotopic (exact) mass is 258 g/mol. The zero-order valence-electron chi connectivity index (χ0n) is 13.3. The number of hydrogen-bond donors (Lipinski definition) is 1. The van der Waals surface area contributed by atoms with Crippen molar-refractivity contribution in [3.8, 4) is 0 Å². The Kier molecular flexibility index (Phi) is 5.39. The Morgan fingerprint density at radius 2 is 1.61 bits per heavy atom. The summed E-state index contributed by atoms with van der Waals surface area (Å²) in [5, 5.41) is 0. The third-order valence-corrected chi connectivity index (χ3v) is 3.48. The van der Waals surface area contributed by atoms with E-state index in [2.05, 4.69) is 0 Å². The maximum atomic E-state index is 12.5. The van der Waals surface area contributed by atoms with E-state index in [1.165, 1.54) is 0 Å². The van der Waals surface area contributed by atoms with Crippen molar-refractivity contribution >= 4 is 5.97 Å². The highest BCUT2D eigenvalue weighted by atomic mass is 16.6. The lowest BCUT2D eigenvalue weighted by Gasteiger charge is -2.44. The van der Waals surface area contributed by atoms with Crippen LogP contribution in [0.4, 0.5) is 0 Å². The molecule has 2 atom stereocenters. The Morgan fingerprint density at radius 3 is 1.89 bits per heavy atom. The minimum absolute atomic E-state index is 0.226. The van der Waals surface area contributed by atoms with E-state index in [4.69, 9.17) is 10.5 Å². The second kappa shape index (κ2) is 5.57. The molecule has 0 saturated heterocycles. The topological polar surface area (TPSA) is 55.6 Å². The summed E-state index contributed by atoms with van der Waals surface area (Å²) in [6, 6.07) is 0. The van der Waals surface area contributed by atoms with E-state index in [9.17, 15) is 4.79 Å². The van der Waals surface area contributed by atoms with Crippen LogP contribution in [0.3, 0.4) is 0 Å². The first-order valence-electron chi connectivity index (χ1n) is 6.53. The van der Waals surface area contributed by atoms with Crippen molar-refractivity contribution < 1.29 is 9.53 Å². The summed E-state index contributed by atoms with van der Waals surface area (Å²) in [4.78, 5) is 14.5. The largest absolute Gasteiger partial charge is 0.459 e. The Morgan fingerprint density at radius 1 is 1.17 bits per heavy atom. The molecule has 0 saturated carbocycles. The molecule has 18 heavy (non-hydrogen) atoms. The van der Waals surface area contributed by atoms with Gasteiger partial charge < -0.3 is 15.4 Å². The third-order valence-electron chi connectivity index (χ3n) is 3.48. The molecule has 0 aromatic heterocycles. The molecule has 0 fully saturated rings. The van der Waals surface area contributed by atoms with Crippen LogP contribution in [-0.2, 0) is 9.53 Å². The highest BCUT2D eigenvalue weighted by molar-refractivity contribution is 5.79. The lowest BCUT2D eigenvalue weighted by molar-refractivity contribution is -0.172. The van der Waals surface area contributed by atoms with Gasteiger partial charge in [-0.3, -0.25) is 4.79 Å². The number of carbonyl (C=O) groups is 1. The molecule has 0 aliphatic carbocycles. The summed E-state index contributed by atoms with van der Waals surface area (Å²) >= 11 is 0. The molecule has 4 heteroatoms. The van der Waals surface area contributed by atoms with Crippen LogP contribution in [0.25, 0.3) is 0 Å². The maximum absolute atomic E-state index is 12.5. The van der Waals surface area contributed by atoms with Gasteiger partial charge >= 0.3 is 5.97 Å². The fourth-order valence-corrected chi connectivity index (χ4v) is 1.89. The SMILES string of the molecule is CCC(C)(N)C(C)(CN(C)C)C(=O)OC(C)(C)C. The van der Waals surface area contributed by atoms with Gasteiger partial charge in [0.05, 0.1) is 5.41 Å². The number of ether oxygens (including phenoxy) is 1. The normalized spacial score (nSPS) is 19.2. The lowest BCUT2D eigenvalue weighted by Crippen LogP contribution is -2.60. The number of nitrogens with two attached hydrogens (primary N) is 1. The standard InChI is InChI=1S/C14H30N2O2/c1-9-14(6,15)13(5,10-16(7)8)11(17)18-12(2,3)4/h9-10,15H2,1-8H3. The summed E-state index contributed by atoms with van der Waals surface area (Å²) in [6.07, 6.45) is 0.719. The van der Waals surface area contributed by atoms with E-state index in [0.29, 0.717) is 6.54 Å². The van der Waals surface area contributed by atoms with Crippen molar-refractivity contribution in [3.05, 3.63) is 0 Å². The van der Waals surface area contributed by atoms with E-state index in [0.717, 1.165) is 6.42 Å². The molecule has 0 amide bonds. The van der Waals surface area contributed by atoms with Gasteiger partial charge in [-0.1, -0.05) is 6.92 Å². The van der Waals surface area contributed by atoms with Gasteiger partial charge in [-0.25, -0.2) is 0 Å². The van der Waals surface area contributed by atoms with E-state index in [1.54, 1.807) is 0 Å². The number of carbonyl (C=O) groups excluding carboxylic acids is 1. The van der Waals surface area contributed by atoms with E-state index >= 15 is 0 Å². The van der Waals surface area contributed by atoms with Crippen LogP contribution in [0.5, 0.6) is 0 Å². The maximum Gasteiger partial charge on any atom is 0.315 e. The predicted molar refractivity (Wildman–Crippen MR) is 75.4 cm³/mol. The lowest BCUT2D eigenvalue weighted by atomic mass is 9.70. The molecule has 0 bridgehead atoms. The summed E-state index contributed by atoms with van der Waals surface area (Å²) in [5.74, 6) is -0.226. The molecule has 108 valence electrons. The zero-order valence-corrected chi connectivity index (χ0v) is 13.3. The predicted octanol–water partition coefficient (Wildman–Crippen LogP) is 2.02. The van der Waals surface area contributed by atoms with Gasteiger partial charge in [0.25, 0.3) is 0 Å². The fraction of sp³-hybridized carbons (Fsp3) is 0.929. The Labute approximate surface area is 112 Å². The van der Waals surface area contributed by atoms with Gasteiger partial charge in [-0.15, -0.1) is 0 Å². The number of esters is 1. The van der Waals surface area contributed by atoms with Crippen LogP contribution >= 0.6 is 0 Å². The molecule has 2 N–H and O–H groups in total. The molecule has 0 radical (unpaired) electrons. The Hall–Kier alpha value is -0.610. The molecular formula is C14H30N2O2. The van der Waals surface area contributed by atoms with E-state index in [1.807, 2.05) is 60.5 Å². The van der Waals surface area contributed by atoms with Crippen molar-refractivity contribution in [1.29, 1.82) is 0 Å². The summed E-state index contributed by atoms with van der Waals surface area (Å²) < 4.78 is 5.55. The minimum Gasteiger partial charge on any atom is -0.459 e. The Balaban J connectivity index is 5.29. The molecule has 0 spiro atoms. The van der Waals surface area contributed by atoms with Crippen LogP contribution in [0.2, 0.25) is 0 Å². The van der Waals surface area contributed by atoms with Crippen molar-refractivity contribution in [2.75, 3.05) is 20.6 Å². The smallest absolute Gasteiger partial charge is 0.315 e. The number of rotatable bonds is 5. The van der Waals surface area contributed by atoms with E-state index < -0.39 is 16.6 Å². The first-order valence-corrected chi connectivity index (χ1v) is 6.53. The second-order valence-electron chi connectivity index (χ2n) is 6.84. The van der Waals surface area contributed by atoms with Crippen LogP contribution < -0.4 is 5.73 Å². The molecule has 0 aliphatic heterocycles. The van der Waals surface area contributed by atoms with Gasteiger partial charge in [0.2, 0.25) is 0 Å². The second-order valence-corrected chi connectivity index (χ2v) is 6.84. The summed E-state index contributed by atoms with van der Waals surface area (Å²) in [6.45, 7) is 12.0. The molecule has 0 aromatic rings. The van der Waals surface area contributed by atoms with Crippen LogP contribution in [0.1, 0.15) is 48.0 Å². The highest BCUT2D eigenvalue weighted by Gasteiger charge is 2.49. The van der Waals surface area contributed by atoms with Gasteiger partial charge in [-0.2, -0.15) is 0 Å². The van der Waals surface area contributed by atoms with Crippen molar-refractivity contribution in [2.45, 2.75) is 59.1 Å². The zero-order chi connectivity index (χ0) is 14.8. The van der Waals surface area contributed by atoms with Gasteiger partial charge in [0.15, 0.2) is 0 Å². The average molecular weight is 258 g/mol. The molecule has 2 unspecified atom stereocenters. The average Bonchev–Trinajstić information content (AvgIpc) is 2.13. The highest BCUT2D eigenvalue weighted by Crippen LogP contribution is 2.35.